The first-order valence-electron chi connectivity index (χ1n) is 6.24. The molecule has 2 rings (SSSR count). The zero-order chi connectivity index (χ0) is 15.3. The molecule has 21 heavy (non-hydrogen) atoms. The van der Waals surface area contributed by atoms with Crippen molar-refractivity contribution in [2.24, 2.45) is 0 Å². The van der Waals surface area contributed by atoms with E-state index in [2.05, 4.69) is 10.1 Å². The normalized spacial score (nSPS) is 11.2. The average molecular weight is 297 g/mol. The second kappa shape index (κ2) is 6.49. The Labute approximate surface area is 120 Å². The Bertz CT molecular complexity index is 582. The quantitative estimate of drug-likeness (QED) is 0.884. The molecule has 2 aromatic carbocycles. The fourth-order valence-corrected chi connectivity index (χ4v) is 1.79. The number of nitrogens with one attached hydrogen (secondary N) is 1. The van der Waals surface area contributed by atoms with E-state index in [0.29, 0.717) is 6.54 Å². The lowest BCUT2D eigenvalue weighted by molar-refractivity contribution is -0.274. The van der Waals surface area contributed by atoms with Crippen LogP contribution in [-0.2, 0) is 13.2 Å². The topological polar surface area (TPSA) is 41.5 Å². The SMILES string of the molecule is OCc1cccc(NCc2ccc(OC(F)(F)F)cc2)c1. The van der Waals surface area contributed by atoms with Gasteiger partial charge in [-0.3, -0.25) is 0 Å². The van der Waals surface area contributed by atoms with Crippen LogP contribution in [0.2, 0.25) is 0 Å². The second-order valence-corrected chi connectivity index (χ2v) is 4.40. The largest absolute Gasteiger partial charge is 0.573 e. The van der Waals surface area contributed by atoms with Crippen molar-refractivity contribution >= 4 is 5.69 Å². The van der Waals surface area contributed by atoms with E-state index in [0.717, 1.165) is 16.8 Å². The maximum absolute atomic E-state index is 12.0. The van der Waals surface area contributed by atoms with Crippen molar-refractivity contribution in [3.63, 3.8) is 0 Å². The molecule has 0 aliphatic carbocycles. The number of rotatable bonds is 5. The molecule has 112 valence electrons. The van der Waals surface area contributed by atoms with E-state index >= 15 is 0 Å². The van der Waals surface area contributed by atoms with Crippen molar-refractivity contribution in [2.45, 2.75) is 19.5 Å². The molecular formula is C15H14F3NO2. The van der Waals surface area contributed by atoms with Crippen molar-refractivity contribution < 1.29 is 23.0 Å². The molecule has 0 unspecified atom stereocenters. The van der Waals surface area contributed by atoms with Crippen LogP contribution in [0.15, 0.2) is 48.5 Å². The number of ether oxygens (including phenoxy) is 1. The molecule has 0 heterocycles. The highest BCUT2D eigenvalue weighted by Crippen LogP contribution is 2.23. The lowest BCUT2D eigenvalue weighted by Crippen LogP contribution is -2.17. The zero-order valence-electron chi connectivity index (χ0n) is 11.0. The Balaban J connectivity index is 1.94. The minimum absolute atomic E-state index is 0.0427. The van der Waals surface area contributed by atoms with Gasteiger partial charge < -0.3 is 15.2 Å². The summed E-state index contributed by atoms with van der Waals surface area (Å²) in [5.74, 6) is -0.242. The van der Waals surface area contributed by atoms with Crippen LogP contribution in [0.4, 0.5) is 18.9 Å². The van der Waals surface area contributed by atoms with Gasteiger partial charge in [-0.15, -0.1) is 13.2 Å². The highest BCUT2D eigenvalue weighted by Gasteiger charge is 2.30. The minimum Gasteiger partial charge on any atom is -0.406 e. The monoisotopic (exact) mass is 297 g/mol. The number of benzene rings is 2. The maximum Gasteiger partial charge on any atom is 0.573 e. The summed E-state index contributed by atoms with van der Waals surface area (Å²) < 4.78 is 39.9. The third-order valence-electron chi connectivity index (χ3n) is 2.76. The molecular weight excluding hydrogens is 283 g/mol. The molecule has 3 nitrogen and oxygen atoms in total. The van der Waals surface area contributed by atoms with E-state index in [-0.39, 0.29) is 12.4 Å². The molecule has 0 aliphatic rings. The highest BCUT2D eigenvalue weighted by molar-refractivity contribution is 5.46. The first-order chi connectivity index (χ1) is 9.96. The minimum atomic E-state index is -4.68. The van der Waals surface area contributed by atoms with E-state index in [1.165, 1.54) is 12.1 Å². The molecule has 0 spiro atoms. The van der Waals surface area contributed by atoms with Gasteiger partial charge in [0.25, 0.3) is 0 Å². The molecule has 0 bridgehead atoms. The molecule has 0 saturated carbocycles. The van der Waals surface area contributed by atoms with E-state index < -0.39 is 6.36 Å². The van der Waals surface area contributed by atoms with Gasteiger partial charge in [-0.05, 0) is 35.4 Å². The predicted octanol–water partition coefficient (Wildman–Crippen LogP) is 3.69. The first-order valence-corrected chi connectivity index (χ1v) is 6.24. The summed E-state index contributed by atoms with van der Waals surface area (Å²) in [5, 5.41) is 12.2. The molecule has 0 fully saturated rings. The lowest BCUT2D eigenvalue weighted by atomic mass is 10.2. The molecule has 0 aliphatic heterocycles. The average Bonchev–Trinajstić information content (AvgIpc) is 2.45. The molecule has 0 radical (unpaired) electrons. The van der Waals surface area contributed by atoms with Crippen LogP contribution in [0.1, 0.15) is 11.1 Å². The maximum atomic E-state index is 12.0. The molecule has 0 atom stereocenters. The Kier molecular flexibility index (Phi) is 4.70. The highest BCUT2D eigenvalue weighted by atomic mass is 19.4. The third-order valence-corrected chi connectivity index (χ3v) is 2.76. The number of hydrogen-bond donors (Lipinski definition) is 2. The number of alkyl halides is 3. The van der Waals surface area contributed by atoms with Crippen LogP contribution in [0.5, 0.6) is 5.75 Å². The Morgan fingerprint density at radius 2 is 1.71 bits per heavy atom. The van der Waals surface area contributed by atoms with Crippen molar-refractivity contribution in [2.75, 3.05) is 5.32 Å². The van der Waals surface area contributed by atoms with Gasteiger partial charge in [0.15, 0.2) is 0 Å². The molecule has 0 amide bonds. The molecule has 2 aromatic rings. The molecule has 0 saturated heterocycles. The van der Waals surface area contributed by atoms with Crippen LogP contribution in [0.25, 0.3) is 0 Å². The van der Waals surface area contributed by atoms with Crippen LogP contribution >= 0.6 is 0 Å². The van der Waals surface area contributed by atoms with Crippen LogP contribution in [0, 0.1) is 0 Å². The summed E-state index contributed by atoms with van der Waals surface area (Å²) in [6, 6.07) is 12.9. The fourth-order valence-electron chi connectivity index (χ4n) is 1.79. The van der Waals surface area contributed by atoms with E-state index in [1.54, 1.807) is 24.3 Å². The number of aliphatic hydroxyl groups excluding tert-OH is 1. The van der Waals surface area contributed by atoms with Crippen molar-refractivity contribution in [3.05, 3.63) is 59.7 Å². The fraction of sp³-hybridized carbons (Fsp3) is 0.200. The van der Waals surface area contributed by atoms with Gasteiger partial charge in [0, 0.05) is 12.2 Å². The van der Waals surface area contributed by atoms with Crippen LogP contribution < -0.4 is 10.1 Å². The first kappa shape index (κ1) is 15.2. The van der Waals surface area contributed by atoms with Gasteiger partial charge in [-0.2, -0.15) is 0 Å². The third kappa shape index (κ3) is 5.00. The summed E-state index contributed by atoms with van der Waals surface area (Å²) in [4.78, 5) is 0. The Hall–Kier alpha value is -2.21. The van der Waals surface area contributed by atoms with Crippen molar-refractivity contribution in [1.82, 2.24) is 0 Å². The van der Waals surface area contributed by atoms with Crippen LogP contribution in [-0.4, -0.2) is 11.5 Å². The van der Waals surface area contributed by atoms with E-state index in [4.69, 9.17) is 5.11 Å². The van der Waals surface area contributed by atoms with Gasteiger partial charge in [-0.1, -0.05) is 24.3 Å². The summed E-state index contributed by atoms with van der Waals surface area (Å²) >= 11 is 0. The van der Waals surface area contributed by atoms with Crippen molar-refractivity contribution in [1.29, 1.82) is 0 Å². The van der Waals surface area contributed by atoms with Gasteiger partial charge in [-0.25, -0.2) is 0 Å². The molecule has 6 heteroatoms. The van der Waals surface area contributed by atoms with Crippen LogP contribution in [0.3, 0.4) is 0 Å². The standard InChI is InChI=1S/C15H14F3NO2/c16-15(17,18)21-14-6-4-11(5-7-14)9-19-13-3-1-2-12(8-13)10-20/h1-8,19-20H,9-10H2. The summed E-state index contributed by atoms with van der Waals surface area (Å²) in [5.41, 5.74) is 2.44. The number of halogens is 3. The van der Waals surface area contributed by atoms with Gasteiger partial charge in [0.05, 0.1) is 6.61 Å². The number of hydrogen-bond acceptors (Lipinski definition) is 3. The van der Waals surface area contributed by atoms with Gasteiger partial charge >= 0.3 is 6.36 Å². The predicted molar refractivity (Wildman–Crippen MR) is 72.8 cm³/mol. The molecule has 2 N–H and O–H groups in total. The summed E-state index contributed by atoms with van der Waals surface area (Å²) in [6.45, 7) is 0.417. The zero-order valence-corrected chi connectivity index (χ0v) is 11.0. The van der Waals surface area contributed by atoms with Gasteiger partial charge in [0.1, 0.15) is 5.75 Å². The Morgan fingerprint density at radius 1 is 1.00 bits per heavy atom. The van der Waals surface area contributed by atoms with E-state index in [1.807, 2.05) is 12.1 Å². The Morgan fingerprint density at radius 3 is 2.33 bits per heavy atom. The summed E-state index contributed by atoms with van der Waals surface area (Å²) in [6.07, 6.45) is -4.68. The van der Waals surface area contributed by atoms with Crippen molar-refractivity contribution in [3.8, 4) is 5.75 Å². The number of anilines is 1. The van der Waals surface area contributed by atoms with Gasteiger partial charge in [0.2, 0.25) is 0 Å². The lowest BCUT2D eigenvalue weighted by Gasteiger charge is -2.10. The summed E-state index contributed by atoms with van der Waals surface area (Å²) in [7, 11) is 0. The molecule has 0 aromatic heterocycles. The smallest absolute Gasteiger partial charge is 0.406 e. The van der Waals surface area contributed by atoms with E-state index in [9.17, 15) is 13.2 Å². The second-order valence-electron chi connectivity index (χ2n) is 4.40. The number of aliphatic hydroxyl groups is 1.